The fourth-order valence-corrected chi connectivity index (χ4v) is 3.00. The van der Waals surface area contributed by atoms with Crippen LogP contribution in [0.3, 0.4) is 0 Å². The van der Waals surface area contributed by atoms with E-state index >= 15 is 0 Å². The monoisotopic (exact) mass is 485 g/mol. The maximum atomic E-state index is 12.3. The topological polar surface area (TPSA) is 143 Å². The van der Waals surface area contributed by atoms with Crippen LogP contribution < -0.4 is 16.0 Å². The maximum Gasteiger partial charge on any atom is 0.408 e. The van der Waals surface area contributed by atoms with Gasteiger partial charge in [0.05, 0.1) is 0 Å². The van der Waals surface area contributed by atoms with Gasteiger partial charge in [0, 0.05) is 6.54 Å². The molecule has 2 aromatic rings. The standard InChI is InChI=1S/C25H31N3O7/c1-18(27-25(33)35-17-20-12-6-3-7-13-20)22(29)28-21(23(30)31)14-8-9-15-26-24(32)34-16-19-10-4-2-5-11-19/h2-7,10-13,18,21H,8-9,14-17H2,1H3,(H,26,32)(H,27,33)(H,28,29)(H,30,31)/t18?,21-/m0/s1. The number of ether oxygens (including phenoxy) is 2. The molecule has 2 atom stereocenters. The first-order chi connectivity index (χ1) is 16.8. The van der Waals surface area contributed by atoms with Crippen LogP contribution in [0.5, 0.6) is 0 Å². The molecule has 10 heteroatoms. The van der Waals surface area contributed by atoms with Crippen LogP contribution in [-0.4, -0.2) is 47.8 Å². The van der Waals surface area contributed by atoms with Gasteiger partial charge in [0.15, 0.2) is 0 Å². The number of benzene rings is 2. The Morgan fingerprint density at radius 3 is 1.89 bits per heavy atom. The molecule has 4 N–H and O–H groups in total. The van der Waals surface area contributed by atoms with Crippen LogP contribution in [0.2, 0.25) is 0 Å². The summed E-state index contributed by atoms with van der Waals surface area (Å²) in [6.45, 7) is 1.94. The molecule has 0 bridgehead atoms. The summed E-state index contributed by atoms with van der Waals surface area (Å²) in [5, 5.41) is 16.8. The number of alkyl carbamates (subject to hydrolysis) is 2. The Morgan fingerprint density at radius 1 is 0.800 bits per heavy atom. The van der Waals surface area contributed by atoms with Crippen molar-refractivity contribution < 1.29 is 33.8 Å². The maximum absolute atomic E-state index is 12.3. The minimum absolute atomic E-state index is 0.0482. The minimum atomic E-state index is -1.19. The van der Waals surface area contributed by atoms with Gasteiger partial charge in [-0.1, -0.05) is 60.7 Å². The van der Waals surface area contributed by atoms with Gasteiger partial charge in [-0.3, -0.25) is 4.79 Å². The lowest BCUT2D eigenvalue weighted by Gasteiger charge is -2.18. The highest BCUT2D eigenvalue weighted by Gasteiger charge is 2.24. The highest BCUT2D eigenvalue weighted by atomic mass is 16.6. The summed E-state index contributed by atoms with van der Waals surface area (Å²) in [5.41, 5.74) is 1.67. The number of carbonyl (C=O) groups is 4. The van der Waals surface area contributed by atoms with E-state index in [1.807, 2.05) is 48.5 Å². The third kappa shape index (κ3) is 11.1. The first kappa shape index (κ1) is 27.2. The molecular weight excluding hydrogens is 454 g/mol. The zero-order valence-corrected chi connectivity index (χ0v) is 19.6. The molecule has 0 saturated carbocycles. The Bertz CT molecular complexity index is 954. The Kier molecular flexibility index (Phi) is 11.6. The number of carboxylic acids is 1. The van der Waals surface area contributed by atoms with Gasteiger partial charge < -0.3 is 30.5 Å². The van der Waals surface area contributed by atoms with E-state index in [-0.39, 0.29) is 19.6 Å². The number of hydrogen-bond acceptors (Lipinski definition) is 6. The SMILES string of the molecule is CC(NC(=O)OCc1ccccc1)C(=O)N[C@@H](CCCCNC(=O)OCc1ccccc1)C(=O)O. The van der Waals surface area contributed by atoms with Gasteiger partial charge in [-0.25, -0.2) is 14.4 Å². The molecule has 35 heavy (non-hydrogen) atoms. The molecule has 0 fully saturated rings. The second kappa shape index (κ2) is 14.9. The van der Waals surface area contributed by atoms with Gasteiger partial charge in [-0.2, -0.15) is 0 Å². The van der Waals surface area contributed by atoms with Gasteiger partial charge in [0.2, 0.25) is 5.91 Å². The molecule has 0 spiro atoms. The Labute approximate surface area is 204 Å². The first-order valence-electron chi connectivity index (χ1n) is 11.3. The molecule has 0 aliphatic rings. The lowest BCUT2D eigenvalue weighted by Crippen LogP contribution is -2.50. The molecule has 0 saturated heterocycles. The highest BCUT2D eigenvalue weighted by Crippen LogP contribution is 2.04. The number of unbranched alkanes of at least 4 members (excludes halogenated alkanes) is 1. The predicted octanol–water partition coefficient (Wildman–Crippen LogP) is 2.97. The van der Waals surface area contributed by atoms with Crippen molar-refractivity contribution in [3.05, 3.63) is 71.8 Å². The molecule has 10 nitrogen and oxygen atoms in total. The van der Waals surface area contributed by atoms with Crippen LogP contribution in [0.1, 0.15) is 37.3 Å². The summed E-state index contributed by atoms with van der Waals surface area (Å²) in [6, 6.07) is 16.2. The van der Waals surface area contributed by atoms with Crippen molar-refractivity contribution in [3.63, 3.8) is 0 Å². The number of hydrogen-bond donors (Lipinski definition) is 4. The summed E-state index contributed by atoms with van der Waals surface area (Å²) < 4.78 is 10.2. The van der Waals surface area contributed by atoms with Crippen molar-refractivity contribution >= 4 is 24.1 Å². The summed E-state index contributed by atoms with van der Waals surface area (Å²) in [7, 11) is 0. The fourth-order valence-electron chi connectivity index (χ4n) is 3.00. The third-order valence-corrected chi connectivity index (χ3v) is 4.96. The number of carbonyl (C=O) groups excluding carboxylic acids is 3. The van der Waals surface area contributed by atoms with Crippen molar-refractivity contribution in [2.75, 3.05) is 6.54 Å². The second-order valence-corrected chi connectivity index (χ2v) is 7.81. The summed E-state index contributed by atoms with van der Waals surface area (Å²) >= 11 is 0. The lowest BCUT2D eigenvalue weighted by atomic mass is 10.1. The van der Waals surface area contributed by atoms with E-state index in [1.165, 1.54) is 6.92 Å². The van der Waals surface area contributed by atoms with Crippen LogP contribution in [0.15, 0.2) is 60.7 Å². The first-order valence-corrected chi connectivity index (χ1v) is 11.3. The number of carboxylic acid groups (broad SMARTS) is 1. The predicted molar refractivity (Wildman–Crippen MR) is 127 cm³/mol. The smallest absolute Gasteiger partial charge is 0.408 e. The van der Waals surface area contributed by atoms with Gasteiger partial charge in [0.1, 0.15) is 25.3 Å². The van der Waals surface area contributed by atoms with Crippen molar-refractivity contribution in [1.82, 2.24) is 16.0 Å². The fraction of sp³-hybridized carbons (Fsp3) is 0.360. The molecule has 0 aliphatic carbocycles. The number of aliphatic carboxylic acids is 1. The molecule has 0 aromatic heterocycles. The molecular formula is C25H31N3O7. The zero-order valence-electron chi connectivity index (χ0n) is 19.6. The van der Waals surface area contributed by atoms with Gasteiger partial charge in [-0.05, 0) is 37.3 Å². The minimum Gasteiger partial charge on any atom is -0.480 e. The van der Waals surface area contributed by atoms with Crippen LogP contribution in [0.4, 0.5) is 9.59 Å². The van der Waals surface area contributed by atoms with Crippen molar-refractivity contribution in [2.45, 2.75) is 51.5 Å². The van der Waals surface area contributed by atoms with E-state index in [9.17, 15) is 24.3 Å². The average molecular weight is 486 g/mol. The Morgan fingerprint density at radius 2 is 1.34 bits per heavy atom. The van der Waals surface area contributed by atoms with E-state index in [4.69, 9.17) is 9.47 Å². The van der Waals surface area contributed by atoms with Crippen LogP contribution in [0.25, 0.3) is 0 Å². The molecule has 0 heterocycles. The van der Waals surface area contributed by atoms with E-state index in [1.54, 1.807) is 12.1 Å². The molecule has 0 radical (unpaired) electrons. The molecule has 2 rings (SSSR count). The quantitative estimate of drug-likeness (QED) is 0.319. The second-order valence-electron chi connectivity index (χ2n) is 7.81. The van der Waals surface area contributed by atoms with Crippen molar-refractivity contribution in [2.24, 2.45) is 0 Å². The van der Waals surface area contributed by atoms with Gasteiger partial charge in [-0.15, -0.1) is 0 Å². The Balaban J connectivity index is 1.63. The number of amides is 3. The summed E-state index contributed by atoms with van der Waals surface area (Å²) in [4.78, 5) is 47.5. The number of rotatable bonds is 13. The number of nitrogens with one attached hydrogen (secondary N) is 3. The average Bonchev–Trinajstić information content (AvgIpc) is 2.86. The molecule has 3 amide bonds. The van der Waals surface area contributed by atoms with E-state index in [2.05, 4.69) is 16.0 Å². The van der Waals surface area contributed by atoms with Crippen molar-refractivity contribution in [3.8, 4) is 0 Å². The van der Waals surface area contributed by atoms with Crippen molar-refractivity contribution in [1.29, 1.82) is 0 Å². The molecule has 1 unspecified atom stereocenters. The zero-order chi connectivity index (χ0) is 25.5. The third-order valence-electron chi connectivity index (χ3n) is 4.96. The summed E-state index contributed by atoms with van der Waals surface area (Å²) in [5.74, 6) is -1.83. The molecule has 2 aromatic carbocycles. The van der Waals surface area contributed by atoms with Crippen LogP contribution >= 0.6 is 0 Å². The molecule has 0 aliphatic heterocycles. The van der Waals surface area contributed by atoms with E-state index < -0.39 is 36.1 Å². The van der Waals surface area contributed by atoms with Crippen LogP contribution in [-0.2, 0) is 32.3 Å². The normalized spacial score (nSPS) is 12.0. The molecule has 188 valence electrons. The lowest BCUT2D eigenvalue weighted by molar-refractivity contribution is -0.142. The Hall–Kier alpha value is -4.08. The van der Waals surface area contributed by atoms with Crippen LogP contribution in [0, 0.1) is 0 Å². The summed E-state index contributed by atoms with van der Waals surface area (Å²) in [6.07, 6.45) is -0.242. The van der Waals surface area contributed by atoms with Gasteiger partial charge in [0.25, 0.3) is 0 Å². The largest absolute Gasteiger partial charge is 0.480 e. The van der Waals surface area contributed by atoms with E-state index in [0.717, 1.165) is 11.1 Å². The van der Waals surface area contributed by atoms with Gasteiger partial charge >= 0.3 is 18.2 Å². The highest BCUT2D eigenvalue weighted by molar-refractivity contribution is 5.88. The van der Waals surface area contributed by atoms with E-state index in [0.29, 0.717) is 19.4 Å².